The maximum absolute atomic E-state index is 11.6. The average molecular weight is 256 g/mol. The summed E-state index contributed by atoms with van der Waals surface area (Å²) in [4.78, 5) is 24.2. The Bertz CT molecular complexity index is 281. The first-order valence-corrected chi connectivity index (χ1v) is 6.78. The van der Waals surface area contributed by atoms with E-state index in [2.05, 4.69) is 17.3 Å². The number of nitrogens with zero attached hydrogens (tertiary/aromatic N) is 1. The van der Waals surface area contributed by atoms with Gasteiger partial charge in [-0.15, -0.1) is 0 Å². The lowest BCUT2D eigenvalue weighted by Crippen LogP contribution is -2.37. The van der Waals surface area contributed by atoms with Gasteiger partial charge in [0.05, 0.1) is 0 Å². The first kappa shape index (κ1) is 15.0. The number of likely N-dealkylation sites (tertiary alicyclic amines) is 1. The van der Waals surface area contributed by atoms with Crippen LogP contribution in [-0.4, -0.2) is 48.1 Å². The van der Waals surface area contributed by atoms with Crippen molar-refractivity contribution < 1.29 is 14.7 Å². The van der Waals surface area contributed by atoms with E-state index in [9.17, 15) is 9.59 Å². The second-order valence-corrected chi connectivity index (χ2v) is 5.02. The Morgan fingerprint density at radius 2 is 2.11 bits per heavy atom. The molecule has 0 spiro atoms. The second-order valence-electron chi connectivity index (χ2n) is 5.02. The highest BCUT2D eigenvalue weighted by molar-refractivity contribution is 5.75. The lowest BCUT2D eigenvalue weighted by molar-refractivity contribution is -0.137. The fourth-order valence-electron chi connectivity index (χ4n) is 2.36. The van der Waals surface area contributed by atoms with Gasteiger partial charge in [-0.3, -0.25) is 9.59 Å². The fourth-order valence-corrected chi connectivity index (χ4v) is 2.36. The molecule has 0 saturated carbocycles. The predicted octanol–water partition coefficient (Wildman–Crippen LogP) is 1.23. The summed E-state index contributed by atoms with van der Waals surface area (Å²) in [7, 11) is 2.12. The Morgan fingerprint density at radius 3 is 2.78 bits per heavy atom. The third-order valence-corrected chi connectivity index (χ3v) is 3.52. The molecule has 0 aromatic rings. The first-order valence-electron chi connectivity index (χ1n) is 6.78. The van der Waals surface area contributed by atoms with Gasteiger partial charge in [0.1, 0.15) is 0 Å². The van der Waals surface area contributed by atoms with E-state index in [1.165, 1.54) is 19.3 Å². The first-order chi connectivity index (χ1) is 8.59. The van der Waals surface area contributed by atoms with Crippen LogP contribution in [0, 0.1) is 0 Å². The van der Waals surface area contributed by atoms with Crippen LogP contribution in [0.5, 0.6) is 0 Å². The van der Waals surface area contributed by atoms with Gasteiger partial charge < -0.3 is 15.3 Å². The minimum atomic E-state index is -0.812. The van der Waals surface area contributed by atoms with Crippen LogP contribution in [0.25, 0.3) is 0 Å². The molecule has 0 aliphatic carbocycles. The van der Waals surface area contributed by atoms with Crippen LogP contribution in [-0.2, 0) is 9.59 Å². The molecule has 5 nitrogen and oxygen atoms in total. The number of carboxylic acid groups (broad SMARTS) is 1. The lowest BCUT2D eigenvalue weighted by Gasteiger charge is -2.32. The highest BCUT2D eigenvalue weighted by Gasteiger charge is 2.19. The van der Waals surface area contributed by atoms with Gasteiger partial charge in [-0.25, -0.2) is 0 Å². The van der Waals surface area contributed by atoms with Crippen molar-refractivity contribution in [1.82, 2.24) is 10.2 Å². The number of aliphatic carboxylic acids is 1. The van der Waals surface area contributed by atoms with Crippen molar-refractivity contribution in [2.24, 2.45) is 0 Å². The summed E-state index contributed by atoms with van der Waals surface area (Å²) < 4.78 is 0. The van der Waals surface area contributed by atoms with E-state index in [0.717, 1.165) is 13.0 Å². The Kier molecular flexibility index (Phi) is 6.72. The number of hydrogen-bond donors (Lipinski definition) is 2. The molecule has 1 aliphatic heterocycles. The molecule has 2 N–H and O–H groups in total. The third kappa shape index (κ3) is 6.00. The van der Waals surface area contributed by atoms with E-state index < -0.39 is 5.97 Å². The molecule has 0 aromatic heterocycles. The number of hydrogen-bond acceptors (Lipinski definition) is 3. The number of carbonyl (C=O) groups is 2. The van der Waals surface area contributed by atoms with Crippen molar-refractivity contribution in [3.63, 3.8) is 0 Å². The van der Waals surface area contributed by atoms with Gasteiger partial charge in [0, 0.05) is 25.4 Å². The molecule has 0 bridgehead atoms. The highest BCUT2D eigenvalue weighted by atomic mass is 16.4. The number of piperidine rings is 1. The monoisotopic (exact) mass is 256 g/mol. The van der Waals surface area contributed by atoms with E-state index in [0.29, 0.717) is 25.4 Å². The van der Waals surface area contributed by atoms with E-state index >= 15 is 0 Å². The molecule has 1 atom stereocenters. The third-order valence-electron chi connectivity index (χ3n) is 3.52. The van der Waals surface area contributed by atoms with Gasteiger partial charge in [-0.2, -0.15) is 0 Å². The molecular weight excluding hydrogens is 232 g/mol. The molecule has 1 heterocycles. The molecule has 1 rings (SSSR count). The van der Waals surface area contributed by atoms with Crippen molar-refractivity contribution in [3.05, 3.63) is 0 Å². The molecule has 1 amide bonds. The number of nitrogens with one attached hydrogen (secondary N) is 1. The molecule has 104 valence electrons. The van der Waals surface area contributed by atoms with Crippen molar-refractivity contribution in [2.45, 2.75) is 51.0 Å². The summed E-state index contributed by atoms with van der Waals surface area (Å²) in [6, 6.07) is 0.531. The molecule has 18 heavy (non-hydrogen) atoms. The fraction of sp³-hybridized carbons (Fsp3) is 0.846. The molecule has 1 fully saturated rings. The molecule has 5 heteroatoms. The van der Waals surface area contributed by atoms with Gasteiger partial charge >= 0.3 is 5.97 Å². The maximum Gasteiger partial charge on any atom is 0.303 e. The minimum absolute atomic E-state index is 0.0411. The van der Waals surface area contributed by atoms with Crippen molar-refractivity contribution >= 4 is 11.9 Å². The lowest BCUT2D eigenvalue weighted by atomic mass is 9.98. The highest BCUT2D eigenvalue weighted by Crippen LogP contribution is 2.18. The Balaban J connectivity index is 2.07. The summed E-state index contributed by atoms with van der Waals surface area (Å²) in [5.41, 5.74) is 0. The van der Waals surface area contributed by atoms with E-state index in [4.69, 9.17) is 5.11 Å². The zero-order chi connectivity index (χ0) is 13.4. The summed E-state index contributed by atoms with van der Waals surface area (Å²) in [5.74, 6) is -0.771. The SMILES string of the molecule is CN1CCCCC1CCC(=O)NCCCC(=O)O. The van der Waals surface area contributed by atoms with Gasteiger partial charge in [0.25, 0.3) is 0 Å². The van der Waals surface area contributed by atoms with E-state index in [1.54, 1.807) is 0 Å². The van der Waals surface area contributed by atoms with Crippen LogP contribution in [0.15, 0.2) is 0 Å². The van der Waals surface area contributed by atoms with Crippen LogP contribution < -0.4 is 5.32 Å². The predicted molar refractivity (Wildman–Crippen MR) is 69.4 cm³/mol. The van der Waals surface area contributed by atoms with Crippen LogP contribution in [0.2, 0.25) is 0 Å². The molecule has 0 aromatic carbocycles. The topological polar surface area (TPSA) is 69.6 Å². The van der Waals surface area contributed by atoms with Crippen LogP contribution in [0.3, 0.4) is 0 Å². The number of rotatable bonds is 7. The van der Waals surface area contributed by atoms with Crippen LogP contribution >= 0.6 is 0 Å². The zero-order valence-electron chi connectivity index (χ0n) is 11.2. The zero-order valence-corrected chi connectivity index (χ0v) is 11.2. The largest absolute Gasteiger partial charge is 0.481 e. The van der Waals surface area contributed by atoms with Crippen molar-refractivity contribution in [2.75, 3.05) is 20.1 Å². The second kappa shape index (κ2) is 8.08. The number of carbonyl (C=O) groups excluding carboxylic acids is 1. The Morgan fingerprint density at radius 1 is 1.33 bits per heavy atom. The van der Waals surface area contributed by atoms with E-state index in [-0.39, 0.29) is 12.3 Å². The van der Waals surface area contributed by atoms with Gasteiger partial charge in [0.15, 0.2) is 0 Å². The quantitative estimate of drug-likeness (QED) is 0.672. The number of amides is 1. The molecule has 1 unspecified atom stereocenters. The summed E-state index contributed by atoms with van der Waals surface area (Å²) in [6.07, 6.45) is 5.77. The maximum atomic E-state index is 11.6. The van der Waals surface area contributed by atoms with Crippen LogP contribution in [0.4, 0.5) is 0 Å². The summed E-state index contributed by atoms with van der Waals surface area (Å²) in [5, 5.41) is 11.2. The van der Waals surface area contributed by atoms with Gasteiger partial charge in [-0.05, 0) is 39.3 Å². The summed E-state index contributed by atoms with van der Waals surface area (Å²) >= 11 is 0. The Hall–Kier alpha value is -1.10. The van der Waals surface area contributed by atoms with Gasteiger partial charge in [0.2, 0.25) is 5.91 Å². The smallest absolute Gasteiger partial charge is 0.303 e. The standard InChI is InChI=1S/C13H24N2O3/c1-15-10-3-2-5-11(15)7-8-12(16)14-9-4-6-13(17)18/h11H,2-10H2,1H3,(H,14,16)(H,17,18). The number of carboxylic acids is 1. The van der Waals surface area contributed by atoms with Crippen molar-refractivity contribution in [3.8, 4) is 0 Å². The normalized spacial score (nSPS) is 20.6. The van der Waals surface area contributed by atoms with Crippen molar-refractivity contribution in [1.29, 1.82) is 0 Å². The van der Waals surface area contributed by atoms with Gasteiger partial charge in [-0.1, -0.05) is 6.42 Å². The Labute approximate surface area is 109 Å². The molecule has 1 saturated heterocycles. The summed E-state index contributed by atoms with van der Waals surface area (Å²) in [6.45, 7) is 1.59. The molecule has 1 aliphatic rings. The molecule has 0 radical (unpaired) electrons. The molecular formula is C13H24N2O3. The average Bonchev–Trinajstić information content (AvgIpc) is 2.33. The van der Waals surface area contributed by atoms with Crippen LogP contribution in [0.1, 0.15) is 44.9 Å². The van der Waals surface area contributed by atoms with E-state index in [1.807, 2.05) is 0 Å². The minimum Gasteiger partial charge on any atom is -0.481 e.